The van der Waals surface area contributed by atoms with Crippen LogP contribution in [0.15, 0.2) is 59.7 Å². The summed E-state index contributed by atoms with van der Waals surface area (Å²) in [5.41, 5.74) is 5.86. The molecule has 0 aromatic heterocycles. The summed E-state index contributed by atoms with van der Waals surface area (Å²) in [5.74, 6) is 0.0986. The fourth-order valence-electron chi connectivity index (χ4n) is 3.41. The Hall–Kier alpha value is -1.97. The molecule has 0 saturated heterocycles. The molecule has 4 heteroatoms. The lowest BCUT2D eigenvalue weighted by Gasteiger charge is -2.23. The minimum Gasteiger partial charge on any atom is -0.293 e. The molecule has 4 rings (SSSR count). The van der Waals surface area contributed by atoms with Crippen molar-refractivity contribution >= 4 is 28.7 Å². The Morgan fingerprint density at radius 1 is 1.09 bits per heavy atom. The van der Waals surface area contributed by atoms with Gasteiger partial charge < -0.3 is 0 Å². The second-order valence-corrected chi connectivity index (χ2v) is 6.72. The van der Waals surface area contributed by atoms with Crippen LogP contribution in [-0.4, -0.2) is 40.6 Å². The van der Waals surface area contributed by atoms with Crippen LogP contribution in [0.4, 0.5) is 5.69 Å². The zero-order valence-corrected chi connectivity index (χ0v) is 14.0. The monoisotopic (exact) mass is 324 g/mol. The van der Waals surface area contributed by atoms with Gasteiger partial charge >= 0.3 is 0 Å². The fourth-order valence-corrected chi connectivity index (χ4v) is 3.68. The lowest BCUT2D eigenvalue weighted by molar-refractivity contribution is -0.439. The van der Waals surface area contributed by atoms with Gasteiger partial charge in [0.2, 0.25) is 11.4 Å². The predicted octanol–water partition coefficient (Wildman–Crippen LogP) is 3.49. The van der Waals surface area contributed by atoms with Gasteiger partial charge in [-0.1, -0.05) is 53.2 Å². The zero-order valence-electron chi connectivity index (χ0n) is 13.3. The van der Waals surface area contributed by atoms with Crippen molar-refractivity contribution in [1.82, 2.24) is 4.90 Å². The summed E-state index contributed by atoms with van der Waals surface area (Å²) in [6.45, 7) is 0. The topological polar surface area (TPSA) is 18.6 Å². The fraction of sp³-hybridized carbons (Fsp3) is 0.263. The normalized spacial score (nSPS) is 20.5. The number of hydrogen-bond acceptors (Lipinski definition) is 2. The van der Waals surface area contributed by atoms with E-state index in [0.717, 1.165) is 17.7 Å². The van der Waals surface area contributed by atoms with E-state index in [9.17, 15) is 0 Å². The zero-order chi connectivity index (χ0) is 16.0. The molecule has 0 N–H and O–H groups in total. The Kier molecular flexibility index (Phi) is 3.55. The van der Waals surface area contributed by atoms with Crippen LogP contribution in [0.3, 0.4) is 0 Å². The molecule has 0 radical (unpaired) electrons. The van der Waals surface area contributed by atoms with Crippen molar-refractivity contribution in [3.05, 3.63) is 65.7 Å². The summed E-state index contributed by atoms with van der Waals surface area (Å²) >= 11 is 6.77. The van der Waals surface area contributed by atoms with E-state index in [0.29, 0.717) is 0 Å². The first kappa shape index (κ1) is 14.6. The van der Waals surface area contributed by atoms with Crippen LogP contribution in [0, 0.1) is 5.92 Å². The molecule has 2 aromatic carbocycles. The van der Waals surface area contributed by atoms with Crippen LogP contribution in [0.5, 0.6) is 0 Å². The number of para-hydroxylation sites is 1. The highest BCUT2D eigenvalue weighted by Gasteiger charge is 2.48. The van der Waals surface area contributed by atoms with Crippen molar-refractivity contribution in [3.63, 3.8) is 0 Å². The number of benzene rings is 2. The van der Waals surface area contributed by atoms with Crippen LogP contribution < -0.4 is 0 Å². The molecule has 0 spiro atoms. The van der Waals surface area contributed by atoms with E-state index in [4.69, 9.17) is 16.7 Å². The molecule has 0 aliphatic carbocycles. The van der Waals surface area contributed by atoms with E-state index in [1.54, 1.807) is 0 Å². The van der Waals surface area contributed by atoms with Gasteiger partial charge in [-0.2, -0.15) is 0 Å². The second-order valence-electron chi connectivity index (χ2n) is 6.27. The van der Waals surface area contributed by atoms with Gasteiger partial charge in [-0.15, -0.1) is 11.6 Å². The van der Waals surface area contributed by atoms with Crippen LogP contribution in [-0.2, 0) is 6.42 Å². The third kappa shape index (κ3) is 2.32. The van der Waals surface area contributed by atoms with E-state index in [-0.39, 0.29) is 11.4 Å². The molecular formula is C19H19ClN3+. The minimum absolute atomic E-state index is 0.0986. The first-order valence-electron chi connectivity index (χ1n) is 7.85. The summed E-state index contributed by atoms with van der Waals surface area (Å²) < 4.78 is 2.10. The molecule has 0 bridgehead atoms. The van der Waals surface area contributed by atoms with Gasteiger partial charge in [-0.25, -0.2) is 0 Å². The van der Waals surface area contributed by atoms with E-state index in [2.05, 4.69) is 58.1 Å². The molecule has 2 aliphatic heterocycles. The molecule has 2 aliphatic rings. The first-order chi connectivity index (χ1) is 11.2. The average Bonchev–Trinajstić information content (AvgIpc) is 3.10. The number of alkyl halides is 1. The molecular weight excluding hydrogens is 306 g/mol. The molecule has 0 saturated carbocycles. The first-order valence-corrected chi connectivity index (χ1v) is 8.28. The maximum absolute atomic E-state index is 6.77. The van der Waals surface area contributed by atoms with Crippen LogP contribution in [0.25, 0.3) is 0 Å². The Bertz CT molecular complexity index is 808. The van der Waals surface area contributed by atoms with Crippen molar-refractivity contribution in [2.24, 2.45) is 11.0 Å². The van der Waals surface area contributed by atoms with E-state index >= 15 is 0 Å². The molecule has 0 fully saturated rings. The number of nitrogens with zero attached hydrogens (tertiary/aromatic N) is 3. The summed E-state index contributed by atoms with van der Waals surface area (Å²) in [6.07, 6.45) is 0.914. The Balaban J connectivity index is 1.84. The number of hydrazone groups is 1. The number of halogens is 1. The second kappa shape index (κ2) is 5.59. The molecule has 2 unspecified atom stereocenters. The molecule has 2 heterocycles. The summed E-state index contributed by atoms with van der Waals surface area (Å²) in [6, 6.07) is 18.8. The van der Waals surface area contributed by atoms with Gasteiger partial charge in [0.05, 0.1) is 6.42 Å². The minimum atomic E-state index is -0.122. The standard InChI is InChI=1S/C19H19ClN3/c1-22(2)19(20)17-16-12-14-10-6-7-11-15(14)23(16)21-18(17)13-8-4-3-5-9-13/h3-11,17,19H,12H2,1-2H3/q+1. The van der Waals surface area contributed by atoms with Gasteiger partial charge in [0.25, 0.3) is 0 Å². The average molecular weight is 325 g/mol. The van der Waals surface area contributed by atoms with Crippen molar-refractivity contribution in [2.75, 3.05) is 14.1 Å². The maximum atomic E-state index is 6.77. The van der Waals surface area contributed by atoms with E-state index in [1.165, 1.54) is 17.0 Å². The number of fused-ring (bicyclic) bond motifs is 2. The predicted molar refractivity (Wildman–Crippen MR) is 94.9 cm³/mol. The Labute approximate surface area is 141 Å². The SMILES string of the molecule is CN(C)C(Cl)C1C(c2ccccc2)=N[N+]2=C1Cc1ccccc12. The highest BCUT2D eigenvalue weighted by molar-refractivity contribution is 6.28. The lowest BCUT2D eigenvalue weighted by atomic mass is 9.90. The van der Waals surface area contributed by atoms with E-state index < -0.39 is 0 Å². The largest absolute Gasteiger partial charge is 0.293 e. The quantitative estimate of drug-likeness (QED) is 0.480. The van der Waals surface area contributed by atoms with Gasteiger partial charge in [0.1, 0.15) is 17.1 Å². The molecule has 2 atom stereocenters. The lowest BCUT2D eigenvalue weighted by Crippen LogP contribution is -2.39. The highest BCUT2D eigenvalue weighted by Crippen LogP contribution is 2.36. The van der Waals surface area contributed by atoms with Crippen molar-refractivity contribution < 1.29 is 4.68 Å². The summed E-state index contributed by atoms with van der Waals surface area (Å²) in [5, 5.41) is 4.95. The Morgan fingerprint density at radius 3 is 2.52 bits per heavy atom. The van der Waals surface area contributed by atoms with Crippen molar-refractivity contribution in [3.8, 4) is 0 Å². The summed E-state index contributed by atoms with van der Waals surface area (Å²) in [7, 11) is 4.04. The Morgan fingerprint density at radius 2 is 1.78 bits per heavy atom. The van der Waals surface area contributed by atoms with Gasteiger partial charge in [0.15, 0.2) is 0 Å². The molecule has 23 heavy (non-hydrogen) atoms. The highest BCUT2D eigenvalue weighted by atomic mass is 35.5. The van der Waals surface area contributed by atoms with Crippen molar-refractivity contribution in [2.45, 2.75) is 11.9 Å². The maximum Gasteiger partial charge on any atom is 0.241 e. The van der Waals surface area contributed by atoms with Gasteiger partial charge in [-0.05, 0) is 14.1 Å². The van der Waals surface area contributed by atoms with Crippen LogP contribution >= 0.6 is 11.6 Å². The number of rotatable bonds is 3. The van der Waals surface area contributed by atoms with Gasteiger partial charge in [-0.3, -0.25) is 4.90 Å². The van der Waals surface area contributed by atoms with Crippen LogP contribution in [0.2, 0.25) is 0 Å². The van der Waals surface area contributed by atoms with E-state index in [1.807, 2.05) is 20.2 Å². The molecule has 116 valence electrons. The smallest absolute Gasteiger partial charge is 0.241 e. The van der Waals surface area contributed by atoms with Crippen LogP contribution in [0.1, 0.15) is 11.1 Å². The number of hydrogen-bond donors (Lipinski definition) is 0. The molecule has 0 amide bonds. The van der Waals surface area contributed by atoms with Gasteiger partial charge in [0, 0.05) is 22.3 Å². The molecule has 3 nitrogen and oxygen atoms in total. The summed E-state index contributed by atoms with van der Waals surface area (Å²) in [4.78, 5) is 2.06. The third-order valence-electron chi connectivity index (χ3n) is 4.56. The van der Waals surface area contributed by atoms with Crippen molar-refractivity contribution in [1.29, 1.82) is 0 Å². The third-order valence-corrected chi connectivity index (χ3v) is 5.21. The molecule has 2 aromatic rings.